The smallest absolute Gasteiger partial charge is 0.258 e. The van der Waals surface area contributed by atoms with Crippen molar-refractivity contribution in [1.29, 1.82) is 0 Å². The van der Waals surface area contributed by atoms with E-state index in [0.717, 1.165) is 17.1 Å². The lowest BCUT2D eigenvalue weighted by molar-refractivity contribution is -0.384. The third kappa shape index (κ3) is 3.47. The molecule has 3 nitrogen and oxygen atoms in total. The molecule has 2 aromatic carbocycles. The number of nitrogens with zero attached hydrogens (tertiary/aromatic N) is 1. The average molecular weight is 333 g/mol. The fourth-order valence-corrected chi connectivity index (χ4v) is 5.47. The van der Waals surface area contributed by atoms with E-state index in [1.54, 1.807) is 12.1 Å². The zero-order valence-corrected chi connectivity index (χ0v) is 14.3. The molecule has 0 atom stereocenters. The number of rotatable bonds is 7. The Balaban J connectivity index is 2.54. The van der Waals surface area contributed by atoms with Crippen molar-refractivity contribution in [1.82, 2.24) is 0 Å². The first-order chi connectivity index (χ1) is 10.6. The van der Waals surface area contributed by atoms with Gasteiger partial charge in [0.15, 0.2) is 0 Å². The zero-order chi connectivity index (χ0) is 16.0. The molecule has 0 unspecified atom stereocenters. The standard InChI is InChI=1S/C17H19NO2S2/c1-3-21-17(22-4-2,14-8-6-5-7-9-14)15-10-12-16(13-11-15)18(19)20/h5-13H,3-4H2,1-2H3. The SMILES string of the molecule is CCSC(SCC)(c1ccccc1)c1ccc([N+](=O)[O-])cc1. The van der Waals surface area contributed by atoms with Gasteiger partial charge in [-0.15, -0.1) is 23.5 Å². The third-order valence-electron chi connectivity index (χ3n) is 3.31. The van der Waals surface area contributed by atoms with Crippen LogP contribution < -0.4 is 0 Å². The van der Waals surface area contributed by atoms with Crippen LogP contribution in [-0.4, -0.2) is 16.4 Å². The van der Waals surface area contributed by atoms with E-state index in [-0.39, 0.29) is 14.7 Å². The van der Waals surface area contributed by atoms with Crippen LogP contribution in [0.3, 0.4) is 0 Å². The molecule has 22 heavy (non-hydrogen) atoms. The number of thioether (sulfide) groups is 2. The van der Waals surface area contributed by atoms with Crippen LogP contribution in [0.25, 0.3) is 0 Å². The quantitative estimate of drug-likeness (QED) is 0.392. The van der Waals surface area contributed by atoms with E-state index in [1.165, 1.54) is 5.56 Å². The van der Waals surface area contributed by atoms with Crippen molar-refractivity contribution in [3.8, 4) is 0 Å². The van der Waals surface area contributed by atoms with Gasteiger partial charge in [0.25, 0.3) is 5.69 Å². The molecule has 0 N–H and O–H groups in total. The summed E-state index contributed by atoms with van der Waals surface area (Å²) in [5.41, 5.74) is 2.46. The van der Waals surface area contributed by atoms with Crippen molar-refractivity contribution in [2.24, 2.45) is 0 Å². The van der Waals surface area contributed by atoms with E-state index in [0.29, 0.717) is 0 Å². The largest absolute Gasteiger partial charge is 0.269 e. The monoisotopic (exact) mass is 333 g/mol. The second-order valence-corrected chi connectivity index (χ2v) is 7.87. The molecule has 0 aromatic heterocycles. The molecule has 0 amide bonds. The molecule has 0 spiro atoms. The van der Waals surface area contributed by atoms with Crippen LogP contribution in [0.4, 0.5) is 5.69 Å². The minimum atomic E-state index is -0.353. The highest BCUT2D eigenvalue weighted by molar-refractivity contribution is 8.17. The number of non-ortho nitro benzene ring substituents is 1. The third-order valence-corrected chi connectivity index (χ3v) is 6.35. The fraction of sp³-hybridized carbons (Fsp3) is 0.294. The fourth-order valence-electron chi connectivity index (χ4n) is 2.41. The van der Waals surface area contributed by atoms with Gasteiger partial charge in [0.05, 0.1) is 4.92 Å². The van der Waals surface area contributed by atoms with Crippen LogP contribution in [0.5, 0.6) is 0 Å². The van der Waals surface area contributed by atoms with Crippen LogP contribution in [-0.2, 0) is 4.08 Å². The summed E-state index contributed by atoms with van der Waals surface area (Å²) in [5.74, 6) is 1.94. The molecule has 0 saturated carbocycles. The summed E-state index contributed by atoms with van der Waals surface area (Å²) in [4.78, 5) is 10.5. The number of hydrogen-bond donors (Lipinski definition) is 0. The molecule has 5 heteroatoms. The van der Waals surface area contributed by atoms with Gasteiger partial charge in [-0.25, -0.2) is 0 Å². The second-order valence-electron chi connectivity index (χ2n) is 4.65. The van der Waals surface area contributed by atoms with Gasteiger partial charge in [0.1, 0.15) is 4.08 Å². The molecule has 0 heterocycles. The summed E-state index contributed by atoms with van der Waals surface area (Å²) in [6.45, 7) is 4.29. The maximum Gasteiger partial charge on any atom is 0.269 e. The highest BCUT2D eigenvalue weighted by Gasteiger charge is 2.34. The lowest BCUT2D eigenvalue weighted by atomic mass is 10.0. The van der Waals surface area contributed by atoms with Crippen molar-refractivity contribution < 1.29 is 4.92 Å². The molecule has 2 aromatic rings. The lowest BCUT2D eigenvalue weighted by Crippen LogP contribution is -2.20. The zero-order valence-electron chi connectivity index (χ0n) is 12.7. The molecule has 0 aliphatic carbocycles. The number of nitro benzene ring substituents is 1. The van der Waals surface area contributed by atoms with Crippen LogP contribution >= 0.6 is 23.5 Å². The van der Waals surface area contributed by atoms with E-state index in [9.17, 15) is 10.1 Å². The first-order valence-electron chi connectivity index (χ1n) is 7.22. The Morgan fingerprint density at radius 3 is 1.86 bits per heavy atom. The molecular weight excluding hydrogens is 314 g/mol. The van der Waals surface area contributed by atoms with E-state index < -0.39 is 0 Å². The molecule has 0 fully saturated rings. The Labute approximate surface area is 139 Å². The van der Waals surface area contributed by atoms with E-state index in [2.05, 4.69) is 26.0 Å². The Bertz CT molecular complexity index is 608. The summed E-state index contributed by atoms with van der Waals surface area (Å²) in [6.07, 6.45) is 0. The summed E-state index contributed by atoms with van der Waals surface area (Å²) in [7, 11) is 0. The highest BCUT2D eigenvalue weighted by atomic mass is 32.2. The number of hydrogen-bond acceptors (Lipinski definition) is 4. The van der Waals surface area contributed by atoms with Crippen LogP contribution in [0.15, 0.2) is 54.6 Å². The second kappa shape index (κ2) is 7.70. The number of benzene rings is 2. The highest BCUT2D eigenvalue weighted by Crippen LogP contribution is 2.51. The first-order valence-corrected chi connectivity index (χ1v) is 9.19. The van der Waals surface area contributed by atoms with Crippen LogP contribution in [0.2, 0.25) is 0 Å². The van der Waals surface area contributed by atoms with Crippen LogP contribution in [0, 0.1) is 10.1 Å². The normalized spacial score (nSPS) is 11.4. The van der Waals surface area contributed by atoms with Crippen LogP contribution in [0.1, 0.15) is 25.0 Å². The van der Waals surface area contributed by atoms with Gasteiger partial charge in [-0.1, -0.05) is 44.2 Å². The summed E-state index contributed by atoms with van der Waals surface area (Å²) >= 11 is 3.72. The molecule has 116 valence electrons. The maximum absolute atomic E-state index is 10.9. The molecule has 0 radical (unpaired) electrons. The molecule has 0 aliphatic heterocycles. The Morgan fingerprint density at radius 1 is 0.909 bits per heavy atom. The minimum absolute atomic E-state index is 0.133. The Hall–Kier alpha value is -1.46. The maximum atomic E-state index is 10.9. The average Bonchev–Trinajstić information content (AvgIpc) is 2.55. The summed E-state index contributed by atoms with van der Waals surface area (Å²) in [6, 6.07) is 17.3. The predicted molar refractivity (Wildman–Crippen MR) is 96.6 cm³/mol. The van der Waals surface area contributed by atoms with Crippen molar-refractivity contribution >= 4 is 29.2 Å². The van der Waals surface area contributed by atoms with E-state index >= 15 is 0 Å². The van der Waals surface area contributed by atoms with Crippen molar-refractivity contribution in [2.45, 2.75) is 17.9 Å². The first kappa shape index (κ1) is 16.9. The summed E-state index contributed by atoms with van der Waals surface area (Å²) in [5, 5.41) is 10.9. The van der Waals surface area contributed by atoms with Crippen molar-refractivity contribution in [3.05, 3.63) is 75.8 Å². The molecule has 0 bridgehead atoms. The minimum Gasteiger partial charge on any atom is -0.258 e. The summed E-state index contributed by atoms with van der Waals surface area (Å²) < 4.78 is -0.222. The van der Waals surface area contributed by atoms with Gasteiger partial charge in [0, 0.05) is 12.1 Å². The molecule has 0 saturated heterocycles. The van der Waals surface area contributed by atoms with Gasteiger partial charge in [0.2, 0.25) is 0 Å². The Kier molecular flexibility index (Phi) is 5.91. The lowest BCUT2D eigenvalue weighted by Gasteiger charge is -2.33. The topological polar surface area (TPSA) is 43.1 Å². The van der Waals surface area contributed by atoms with Gasteiger partial charge >= 0.3 is 0 Å². The van der Waals surface area contributed by atoms with Gasteiger partial charge in [-0.3, -0.25) is 10.1 Å². The Morgan fingerprint density at radius 2 is 1.41 bits per heavy atom. The van der Waals surface area contributed by atoms with Gasteiger partial charge < -0.3 is 0 Å². The van der Waals surface area contributed by atoms with E-state index in [4.69, 9.17) is 0 Å². The van der Waals surface area contributed by atoms with Gasteiger partial charge in [-0.05, 0) is 34.8 Å². The van der Waals surface area contributed by atoms with E-state index in [1.807, 2.05) is 53.9 Å². The van der Waals surface area contributed by atoms with Crippen molar-refractivity contribution in [3.63, 3.8) is 0 Å². The van der Waals surface area contributed by atoms with Crippen molar-refractivity contribution in [2.75, 3.05) is 11.5 Å². The predicted octanol–water partition coefficient (Wildman–Crippen LogP) is 5.30. The molecule has 0 aliphatic rings. The molecule has 2 rings (SSSR count). The number of nitro groups is 1. The molecular formula is C17H19NO2S2. The van der Waals surface area contributed by atoms with Gasteiger partial charge in [-0.2, -0.15) is 0 Å².